The first-order valence-corrected chi connectivity index (χ1v) is 11.0. The number of anilines is 1. The van der Waals surface area contributed by atoms with Crippen LogP contribution in [0, 0.1) is 0 Å². The molecule has 1 amide bonds. The average Bonchev–Trinajstić information content (AvgIpc) is 2.58. The lowest BCUT2D eigenvalue weighted by molar-refractivity contribution is 0.0496. The molecular formula is C19H28N2O6S. The van der Waals surface area contributed by atoms with Gasteiger partial charge in [-0.3, -0.25) is 0 Å². The summed E-state index contributed by atoms with van der Waals surface area (Å²) in [6.45, 7) is 6.52. The molecule has 1 aromatic carbocycles. The second-order valence-electron chi connectivity index (χ2n) is 7.82. The minimum atomic E-state index is -3.59. The fourth-order valence-corrected chi connectivity index (χ4v) is 4.02. The first-order valence-electron chi connectivity index (χ1n) is 9.08. The predicted molar refractivity (Wildman–Crippen MR) is 105 cm³/mol. The maximum Gasteiger partial charge on any atom is 0.407 e. The van der Waals surface area contributed by atoms with E-state index in [2.05, 4.69) is 5.32 Å². The predicted octanol–water partition coefficient (Wildman–Crippen LogP) is 2.37. The van der Waals surface area contributed by atoms with Crippen LogP contribution >= 0.6 is 0 Å². The third kappa shape index (κ3) is 5.60. The second kappa shape index (κ2) is 8.38. The van der Waals surface area contributed by atoms with Gasteiger partial charge in [0.05, 0.1) is 17.7 Å². The van der Waals surface area contributed by atoms with Crippen LogP contribution in [0.1, 0.15) is 44.0 Å². The number of rotatable bonds is 4. The summed E-state index contributed by atoms with van der Waals surface area (Å²) in [5.41, 5.74) is 0.00304. The lowest BCUT2D eigenvalue weighted by Gasteiger charge is -2.35. The van der Waals surface area contributed by atoms with Crippen LogP contribution in [0.4, 0.5) is 10.5 Å². The number of carbonyl (C=O) groups excluding carboxylic acids is 2. The largest absolute Gasteiger partial charge is 0.465 e. The third-order valence-corrected chi connectivity index (χ3v) is 5.49. The SMILES string of the molecule is COC(=O)c1c(N2CCC(NC(=O)OC(C)(C)C)CC2)cccc1S(C)(=O)=O. The highest BCUT2D eigenvalue weighted by Gasteiger charge is 2.29. The Bertz CT molecular complexity index is 836. The molecule has 0 radical (unpaired) electrons. The number of sulfone groups is 1. The lowest BCUT2D eigenvalue weighted by atomic mass is 10.0. The molecule has 0 saturated carbocycles. The normalized spacial score (nSPS) is 15.8. The summed E-state index contributed by atoms with van der Waals surface area (Å²) in [5, 5.41) is 2.86. The van der Waals surface area contributed by atoms with Crippen LogP contribution in [0.15, 0.2) is 23.1 Å². The Morgan fingerprint density at radius 3 is 2.29 bits per heavy atom. The van der Waals surface area contributed by atoms with E-state index in [1.54, 1.807) is 32.9 Å². The van der Waals surface area contributed by atoms with Crippen molar-refractivity contribution in [2.45, 2.75) is 50.2 Å². The summed E-state index contributed by atoms with van der Waals surface area (Å²) in [6, 6.07) is 4.68. The minimum Gasteiger partial charge on any atom is -0.465 e. The molecule has 1 N–H and O–H groups in total. The van der Waals surface area contributed by atoms with E-state index in [1.807, 2.05) is 4.90 Å². The van der Waals surface area contributed by atoms with Crippen LogP contribution in [0.2, 0.25) is 0 Å². The van der Waals surface area contributed by atoms with E-state index in [0.29, 0.717) is 31.6 Å². The van der Waals surface area contributed by atoms with Crippen molar-refractivity contribution in [3.63, 3.8) is 0 Å². The van der Waals surface area contributed by atoms with Gasteiger partial charge in [-0.15, -0.1) is 0 Å². The number of ether oxygens (including phenoxy) is 2. The number of alkyl carbamates (subject to hydrolysis) is 1. The maximum atomic E-state index is 12.3. The molecule has 0 aromatic heterocycles. The number of nitrogens with one attached hydrogen (secondary N) is 1. The fraction of sp³-hybridized carbons (Fsp3) is 0.579. The zero-order valence-corrected chi connectivity index (χ0v) is 17.8. The molecule has 1 aliphatic heterocycles. The Kier molecular flexibility index (Phi) is 6.59. The second-order valence-corrected chi connectivity index (χ2v) is 9.81. The topological polar surface area (TPSA) is 102 Å². The van der Waals surface area contributed by atoms with Crippen LogP contribution in [0.25, 0.3) is 0 Å². The number of hydrogen-bond acceptors (Lipinski definition) is 7. The monoisotopic (exact) mass is 412 g/mol. The van der Waals surface area contributed by atoms with Crippen molar-refractivity contribution in [2.75, 3.05) is 31.4 Å². The van der Waals surface area contributed by atoms with E-state index in [-0.39, 0.29) is 16.5 Å². The number of carbonyl (C=O) groups is 2. The van der Waals surface area contributed by atoms with Gasteiger partial charge in [0.15, 0.2) is 9.84 Å². The maximum absolute atomic E-state index is 12.3. The minimum absolute atomic E-state index is 0.0473. The summed E-state index contributed by atoms with van der Waals surface area (Å²) >= 11 is 0. The highest BCUT2D eigenvalue weighted by molar-refractivity contribution is 7.90. The van der Waals surface area contributed by atoms with Gasteiger partial charge in [-0.1, -0.05) is 6.07 Å². The number of benzene rings is 1. The molecule has 0 bridgehead atoms. The highest BCUT2D eigenvalue weighted by atomic mass is 32.2. The zero-order chi connectivity index (χ0) is 21.1. The van der Waals surface area contributed by atoms with Crippen molar-refractivity contribution >= 4 is 27.6 Å². The van der Waals surface area contributed by atoms with Crippen LogP contribution in [0.5, 0.6) is 0 Å². The number of piperidine rings is 1. The Morgan fingerprint density at radius 1 is 1.18 bits per heavy atom. The van der Waals surface area contributed by atoms with Gasteiger partial charge >= 0.3 is 12.1 Å². The zero-order valence-electron chi connectivity index (χ0n) is 16.9. The highest BCUT2D eigenvalue weighted by Crippen LogP contribution is 2.30. The Morgan fingerprint density at radius 2 is 1.79 bits per heavy atom. The molecule has 1 saturated heterocycles. The fourth-order valence-electron chi connectivity index (χ4n) is 3.14. The number of amides is 1. The molecule has 1 aromatic rings. The smallest absolute Gasteiger partial charge is 0.407 e. The lowest BCUT2D eigenvalue weighted by Crippen LogP contribution is -2.46. The summed E-state index contributed by atoms with van der Waals surface area (Å²) in [6.07, 6.45) is 1.89. The summed E-state index contributed by atoms with van der Waals surface area (Å²) in [5.74, 6) is -0.690. The molecule has 2 rings (SSSR count). The van der Waals surface area contributed by atoms with Crippen molar-refractivity contribution in [3.05, 3.63) is 23.8 Å². The van der Waals surface area contributed by atoms with E-state index in [1.165, 1.54) is 13.2 Å². The van der Waals surface area contributed by atoms with Crippen molar-refractivity contribution in [2.24, 2.45) is 0 Å². The van der Waals surface area contributed by atoms with Gasteiger partial charge in [0.1, 0.15) is 11.2 Å². The number of esters is 1. The van der Waals surface area contributed by atoms with Gasteiger partial charge in [0, 0.05) is 25.4 Å². The van der Waals surface area contributed by atoms with E-state index < -0.39 is 27.5 Å². The molecule has 8 nitrogen and oxygen atoms in total. The number of nitrogens with zero attached hydrogens (tertiary/aromatic N) is 1. The molecular weight excluding hydrogens is 384 g/mol. The Labute approximate surface area is 166 Å². The van der Waals surface area contributed by atoms with Crippen molar-refractivity contribution in [1.29, 1.82) is 0 Å². The molecule has 0 aliphatic carbocycles. The van der Waals surface area contributed by atoms with Crippen LogP contribution in [-0.2, 0) is 19.3 Å². The van der Waals surface area contributed by atoms with Gasteiger partial charge < -0.3 is 19.7 Å². The van der Waals surface area contributed by atoms with Gasteiger partial charge in [0.25, 0.3) is 0 Å². The number of hydrogen-bond donors (Lipinski definition) is 1. The van der Waals surface area contributed by atoms with Gasteiger partial charge in [-0.25, -0.2) is 18.0 Å². The summed E-state index contributed by atoms with van der Waals surface area (Å²) < 4.78 is 34.3. The third-order valence-electron chi connectivity index (χ3n) is 4.35. The van der Waals surface area contributed by atoms with Gasteiger partial charge in [-0.05, 0) is 45.7 Å². The Hall–Kier alpha value is -2.29. The quantitative estimate of drug-likeness (QED) is 0.758. The van der Waals surface area contributed by atoms with Crippen LogP contribution in [0.3, 0.4) is 0 Å². The molecule has 156 valence electrons. The van der Waals surface area contributed by atoms with E-state index in [4.69, 9.17) is 9.47 Å². The molecule has 1 heterocycles. The Balaban J connectivity index is 2.16. The summed E-state index contributed by atoms with van der Waals surface area (Å²) in [4.78, 5) is 26.1. The first kappa shape index (κ1) is 22.0. The van der Waals surface area contributed by atoms with Crippen molar-refractivity contribution in [1.82, 2.24) is 5.32 Å². The molecule has 1 fully saturated rings. The van der Waals surface area contributed by atoms with E-state index in [0.717, 1.165) is 6.26 Å². The first-order chi connectivity index (χ1) is 12.9. The molecule has 28 heavy (non-hydrogen) atoms. The molecule has 0 atom stereocenters. The van der Waals surface area contributed by atoms with Crippen molar-refractivity contribution in [3.8, 4) is 0 Å². The van der Waals surface area contributed by atoms with E-state index >= 15 is 0 Å². The van der Waals surface area contributed by atoms with Gasteiger partial charge in [-0.2, -0.15) is 0 Å². The average molecular weight is 413 g/mol. The van der Waals surface area contributed by atoms with Gasteiger partial charge in [0.2, 0.25) is 0 Å². The van der Waals surface area contributed by atoms with E-state index in [9.17, 15) is 18.0 Å². The molecule has 9 heteroatoms. The molecule has 0 unspecified atom stereocenters. The molecule has 1 aliphatic rings. The van der Waals surface area contributed by atoms with Crippen molar-refractivity contribution < 1.29 is 27.5 Å². The summed E-state index contributed by atoms with van der Waals surface area (Å²) in [7, 11) is -2.37. The van der Waals surface area contributed by atoms with Crippen LogP contribution < -0.4 is 10.2 Å². The molecule has 0 spiro atoms. The number of methoxy groups -OCH3 is 1. The van der Waals surface area contributed by atoms with Crippen LogP contribution in [-0.4, -0.2) is 58.6 Å². The standard InChI is InChI=1S/C19H28N2O6S/c1-19(2,3)27-18(23)20-13-9-11-21(12-10-13)14-7-6-8-15(28(5,24)25)16(14)17(22)26-4/h6-8,13H,9-12H2,1-5H3,(H,20,23).